The molecule has 0 amide bonds. The topological polar surface area (TPSA) is 78.9 Å². The van der Waals surface area contributed by atoms with Crippen LogP contribution in [0.4, 0.5) is 0 Å². The Labute approximate surface area is 163 Å². The smallest absolute Gasteiger partial charge is 0.226 e. The van der Waals surface area contributed by atoms with Gasteiger partial charge in [0.1, 0.15) is 12.4 Å². The van der Waals surface area contributed by atoms with Gasteiger partial charge in [0, 0.05) is 13.0 Å². The lowest BCUT2D eigenvalue weighted by molar-refractivity contribution is 0.285. The lowest BCUT2D eigenvalue weighted by atomic mass is 10.1. The molecule has 0 fully saturated rings. The van der Waals surface area contributed by atoms with Crippen LogP contribution >= 0.6 is 11.8 Å². The van der Waals surface area contributed by atoms with Crippen LogP contribution in [0.3, 0.4) is 0 Å². The molecule has 3 aromatic rings. The highest BCUT2D eigenvalue weighted by atomic mass is 32.2. The van der Waals surface area contributed by atoms with E-state index in [0.717, 1.165) is 36.1 Å². The first-order chi connectivity index (χ1) is 13.2. The molecule has 0 atom stereocenters. The minimum atomic E-state index is 0.385. The summed E-state index contributed by atoms with van der Waals surface area (Å²) in [5, 5.41) is 17.6. The Balaban J connectivity index is 1.68. The van der Waals surface area contributed by atoms with Crippen LogP contribution in [0.5, 0.6) is 5.75 Å². The lowest BCUT2D eigenvalue weighted by Gasteiger charge is -2.12. The molecule has 0 bridgehead atoms. The maximum Gasteiger partial charge on any atom is 0.226 e. The SMILES string of the molecule is CCc1nnc(CSc2nnc(COc3ccccc3)n2CCC(C)C)o1. The number of hydrogen-bond acceptors (Lipinski definition) is 7. The van der Waals surface area contributed by atoms with Crippen molar-refractivity contribution in [2.24, 2.45) is 5.92 Å². The minimum absolute atomic E-state index is 0.385. The molecular weight excluding hydrogens is 362 g/mol. The van der Waals surface area contributed by atoms with Gasteiger partial charge in [-0.25, -0.2) is 0 Å². The average molecular weight is 388 g/mol. The molecule has 7 nitrogen and oxygen atoms in total. The van der Waals surface area contributed by atoms with Crippen molar-refractivity contribution in [3.8, 4) is 5.75 Å². The molecule has 0 saturated heterocycles. The summed E-state index contributed by atoms with van der Waals surface area (Å²) in [6.07, 6.45) is 1.79. The van der Waals surface area contributed by atoms with E-state index in [9.17, 15) is 0 Å². The third kappa shape index (κ3) is 5.56. The summed E-state index contributed by atoms with van der Waals surface area (Å²) in [6.45, 7) is 7.65. The number of hydrogen-bond donors (Lipinski definition) is 0. The van der Waals surface area contributed by atoms with Crippen LogP contribution in [-0.4, -0.2) is 25.0 Å². The van der Waals surface area contributed by atoms with Gasteiger partial charge in [0.15, 0.2) is 11.0 Å². The fourth-order valence-electron chi connectivity index (χ4n) is 2.42. The second-order valence-corrected chi connectivity index (χ2v) is 7.51. The van der Waals surface area contributed by atoms with Crippen molar-refractivity contribution in [2.45, 2.75) is 57.7 Å². The van der Waals surface area contributed by atoms with Crippen LogP contribution in [0, 0.1) is 5.92 Å². The summed E-state index contributed by atoms with van der Waals surface area (Å²) in [4.78, 5) is 0. The van der Waals surface area contributed by atoms with Gasteiger partial charge in [-0.05, 0) is 24.5 Å². The lowest BCUT2D eigenvalue weighted by Crippen LogP contribution is -2.10. The Kier molecular flexibility index (Phi) is 6.86. The van der Waals surface area contributed by atoms with Gasteiger partial charge in [-0.1, -0.05) is 50.7 Å². The molecule has 3 rings (SSSR count). The molecule has 1 aromatic carbocycles. The molecule has 0 radical (unpaired) electrons. The highest BCUT2D eigenvalue weighted by molar-refractivity contribution is 7.98. The molecule has 2 heterocycles. The summed E-state index contributed by atoms with van der Waals surface area (Å²) in [5.74, 6) is 4.08. The maximum atomic E-state index is 5.86. The Morgan fingerprint density at radius 2 is 1.85 bits per heavy atom. The molecule has 0 N–H and O–H groups in total. The minimum Gasteiger partial charge on any atom is -0.486 e. The number of rotatable bonds is 10. The number of benzene rings is 1. The second-order valence-electron chi connectivity index (χ2n) is 6.57. The van der Waals surface area contributed by atoms with Crippen molar-refractivity contribution < 1.29 is 9.15 Å². The van der Waals surface area contributed by atoms with Gasteiger partial charge in [0.2, 0.25) is 11.8 Å². The zero-order valence-electron chi connectivity index (χ0n) is 16.0. The molecule has 0 aliphatic carbocycles. The highest BCUT2D eigenvalue weighted by Gasteiger charge is 2.15. The molecule has 0 spiro atoms. The largest absolute Gasteiger partial charge is 0.486 e. The van der Waals surface area contributed by atoms with Crippen molar-refractivity contribution in [2.75, 3.05) is 0 Å². The van der Waals surface area contributed by atoms with E-state index in [1.165, 1.54) is 0 Å². The van der Waals surface area contributed by atoms with Gasteiger partial charge in [-0.3, -0.25) is 0 Å². The second kappa shape index (κ2) is 9.55. The Hall–Kier alpha value is -2.35. The van der Waals surface area contributed by atoms with Crippen LogP contribution in [0.15, 0.2) is 39.9 Å². The molecule has 0 saturated carbocycles. The zero-order valence-corrected chi connectivity index (χ0v) is 16.8. The van der Waals surface area contributed by atoms with E-state index in [4.69, 9.17) is 9.15 Å². The Morgan fingerprint density at radius 3 is 2.56 bits per heavy atom. The van der Waals surface area contributed by atoms with Gasteiger partial charge < -0.3 is 13.7 Å². The number of aromatic nitrogens is 5. The summed E-state index contributed by atoms with van der Waals surface area (Å²) >= 11 is 1.56. The Morgan fingerprint density at radius 1 is 1.07 bits per heavy atom. The molecule has 0 unspecified atom stereocenters. The van der Waals surface area contributed by atoms with Gasteiger partial charge in [-0.2, -0.15) is 0 Å². The number of nitrogens with zero attached hydrogens (tertiary/aromatic N) is 5. The predicted octanol–water partition coefficient (Wildman–Crippen LogP) is 4.14. The molecule has 8 heteroatoms. The molecule has 2 aromatic heterocycles. The summed E-state index contributed by atoms with van der Waals surface area (Å²) < 4.78 is 13.6. The molecule has 0 aliphatic rings. The van der Waals surface area contributed by atoms with Gasteiger partial charge in [0.05, 0.1) is 5.75 Å². The van der Waals surface area contributed by atoms with Crippen molar-refractivity contribution >= 4 is 11.8 Å². The number of thioether (sulfide) groups is 1. The first kappa shape index (κ1) is 19.4. The maximum absolute atomic E-state index is 5.86. The third-order valence-corrected chi connectivity index (χ3v) is 4.92. The van der Waals surface area contributed by atoms with E-state index in [-0.39, 0.29) is 0 Å². The monoisotopic (exact) mass is 387 g/mol. The molecule has 27 heavy (non-hydrogen) atoms. The van der Waals surface area contributed by atoms with Gasteiger partial charge in [0.25, 0.3) is 0 Å². The van der Waals surface area contributed by atoms with Gasteiger partial charge >= 0.3 is 0 Å². The fourth-order valence-corrected chi connectivity index (χ4v) is 3.25. The Bertz CT molecular complexity index is 832. The first-order valence-corrected chi connectivity index (χ1v) is 10.2. The van der Waals surface area contributed by atoms with Gasteiger partial charge in [-0.15, -0.1) is 20.4 Å². The number of para-hydroxylation sites is 1. The van der Waals surface area contributed by atoms with Crippen molar-refractivity contribution in [1.82, 2.24) is 25.0 Å². The van der Waals surface area contributed by atoms with Crippen molar-refractivity contribution in [3.05, 3.63) is 47.9 Å². The zero-order chi connectivity index (χ0) is 19.1. The normalized spacial score (nSPS) is 11.3. The van der Waals surface area contributed by atoms with Crippen LogP contribution in [0.2, 0.25) is 0 Å². The van der Waals surface area contributed by atoms with Crippen LogP contribution < -0.4 is 4.74 Å². The molecule has 144 valence electrons. The average Bonchev–Trinajstić information content (AvgIpc) is 3.30. The summed E-state index contributed by atoms with van der Waals surface area (Å²) in [7, 11) is 0. The quantitative estimate of drug-likeness (QED) is 0.484. The molecular formula is C19H25N5O2S. The van der Waals surface area contributed by atoms with E-state index < -0.39 is 0 Å². The highest BCUT2D eigenvalue weighted by Crippen LogP contribution is 2.23. The van der Waals surface area contributed by atoms with E-state index in [2.05, 4.69) is 38.8 Å². The van der Waals surface area contributed by atoms with E-state index in [1.807, 2.05) is 37.3 Å². The van der Waals surface area contributed by atoms with Crippen molar-refractivity contribution in [1.29, 1.82) is 0 Å². The van der Waals surface area contributed by atoms with E-state index in [0.29, 0.717) is 30.1 Å². The molecule has 0 aliphatic heterocycles. The van der Waals surface area contributed by atoms with E-state index in [1.54, 1.807) is 11.8 Å². The van der Waals surface area contributed by atoms with Crippen LogP contribution in [0.25, 0.3) is 0 Å². The summed E-state index contributed by atoms with van der Waals surface area (Å²) in [6, 6.07) is 9.75. The van der Waals surface area contributed by atoms with Crippen molar-refractivity contribution in [3.63, 3.8) is 0 Å². The fraction of sp³-hybridized carbons (Fsp3) is 0.474. The number of ether oxygens (including phenoxy) is 1. The number of aryl methyl sites for hydroxylation is 1. The van der Waals surface area contributed by atoms with E-state index >= 15 is 0 Å². The predicted molar refractivity (Wildman–Crippen MR) is 103 cm³/mol. The third-order valence-electron chi connectivity index (χ3n) is 3.97. The first-order valence-electron chi connectivity index (χ1n) is 9.19. The standard InChI is InChI=1S/C19H25N5O2S/c1-4-17-21-22-18(26-17)13-27-19-23-20-16(24(19)11-10-14(2)3)12-25-15-8-6-5-7-9-15/h5-9,14H,4,10-13H2,1-3H3. The summed E-state index contributed by atoms with van der Waals surface area (Å²) in [5.41, 5.74) is 0. The van der Waals surface area contributed by atoms with Crippen LogP contribution in [0.1, 0.15) is 44.8 Å². The van der Waals surface area contributed by atoms with Crippen LogP contribution in [-0.2, 0) is 25.3 Å².